The Balaban J connectivity index is 1.68. The number of rotatable bonds is 4. The molecule has 0 aliphatic carbocycles. The molecule has 0 saturated heterocycles. The minimum Gasteiger partial charge on any atom is -0.368 e. The summed E-state index contributed by atoms with van der Waals surface area (Å²) in [5.41, 5.74) is 4.84. The third kappa shape index (κ3) is 5.70. The molecule has 8 nitrogen and oxygen atoms in total. The maximum absolute atomic E-state index is 15.7. The summed E-state index contributed by atoms with van der Waals surface area (Å²) in [6.45, 7) is 5.77. The van der Waals surface area contributed by atoms with E-state index in [9.17, 15) is 18.0 Å². The van der Waals surface area contributed by atoms with Crippen LogP contribution in [0.5, 0.6) is 0 Å². The van der Waals surface area contributed by atoms with Gasteiger partial charge in [0.1, 0.15) is 11.5 Å². The predicted octanol–water partition coefficient (Wildman–Crippen LogP) is 6.87. The maximum Gasteiger partial charge on any atom is 0.417 e. The number of anilines is 3. The second kappa shape index (κ2) is 9.93. The number of nitrogens with zero attached hydrogens (tertiary/aromatic N) is 3. The van der Waals surface area contributed by atoms with Crippen molar-refractivity contribution in [3.63, 3.8) is 0 Å². The van der Waals surface area contributed by atoms with Crippen molar-refractivity contribution in [2.75, 3.05) is 16.4 Å². The zero-order valence-electron chi connectivity index (χ0n) is 20.3. The van der Waals surface area contributed by atoms with Crippen LogP contribution in [0.15, 0.2) is 48.7 Å². The second-order valence-electron chi connectivity index (χ2n) is 9.30. The molecule has 38 heavy (non-hydrogen) atoms. The zero-order valence-corrected chi connectivity index (χ0v) is 21.1. The number of carbonyl (C=O) groups excluding carboxylic acids is 1. The molecule has 0 unspecified atom stereocenters. The topological polar surface area (TPSA) is 122 Å². The Morgan fingerprint density at radius 3 is 2.45 bits per heavy atom. The van der Waals surface area contributed by atoms with Gasteiger partial charge in [-0.1, -0.05) is 38.4 Å². The van der Waals surface area contributed by atoms with Crippen molar-refractivity contribution in [3.05, 3.63) is 70.9 Å². The lowest BCUT2D eigenvalue weighted by Crippen LogP contribution is -2.20. The van der Waals surface area contributed by atoms with E-state index in [2.05, 4.69) is 30.6 Å². The summed E-state index contributed by atoms with van der Waals surface area (Å²) in [4.78, 5) is 28.4. The first kappa shape index (κ1) is 26.9. The molecule has 0 saturated carbocycles. The largest absolute Gasteiger partial charge is 0.417 e. The standard InChI is InChI=1S/C25H22ClF4N7O/c1-24(2,3)21-36-19(20(37-21)17-9-10-32-22(31)34-17)13-5-4-6-16(18(13)27)35-23(38)33-12-7-8-15(26)14(11-12)25(28,29)30/h4-11H,1-3H3,(H,36,37)(H2,31,32,34)(H2,33,35,38). The van der Waals surface area contributed by atoms with Crippen molar-refractivity contribution < 1.29 is 22.4 Å². The maximum atomic E-state index is 15.7. The molecule has 0 fully saturated rings. The number of nitrogen functional groups attached to an aromatic ring is 1. The molecule has 0 bridgehead atoms. The molecule has 0 aliphatic rings. The average molecular weight is 548 g/mol. The van der Waals surface area contributed by atoms with Gasteiger partial charge in [-0.25, -0.2) is 24.1 Å². The van der Waals surface area contributed by atoms with Crippen LogP contribution in [0.25, 0.3) is 22.6 Å². The fraction of sp³-hybridized carbons (Fsp3) is 0.200. The molecule has 0 radical (unpaired) electrons. The van der Waals surface area contributed by atoms with Crippen LogP contribution in [-0.4, -0.2) is 26.0 Å². The molecule has 5 N–H and O–H groups in total. The van der Waals surface area contributed by atoms with Crippen molar-refractivity contribution in [2.24, 2.45) is 0 Å². The monoisotopic (exact) mass is 547 g/mol. The molecule has 2 aromatic heterocycles. The summed E-state index contributed by atoms with van der Waals surface area (Å²) in [5, 5.41) is 4.06. The number of aromatic nitrogens is 4. The van der Waals surface area contributed by atoms with E-state index in [1.807, 2.05) is 20.8 Å². The zero-order chi connectivity index (χ0) is 27.8. The first-order valence-corrected chi connectivity index (χ1v) is 11.5. The molecule has 198 valence electrons. The van der Waals surface area contributed by atoms with Gasteiger partial charge in [-0.2, -0.15) is 13.2 Å². The van der Waals surface area contributed by atoms with E-state index in [4.69, 9.17) is 17.3 Å². The van der Waals surface area contributed by atoms with Gasteiger partial charge in [-0.15, -0.1) is 0 Å². The average Bonchev–Trinajstić information content (AvgIpc) is 3.27. The van der Waals surface area contributed by atoms with Gasteiger partial charge in [0, 0.05) is 22.9 Å². The van der Waals surface area contributed by atoms with E-state index >= 15 is 4.39 Å². The van der Waals surface area contributed by atoms with Gasteiger partial charge in [0.25, 0.3) is 0 Å². The Labute approximate surface area is 219 Å². The van der Waals surface area contributed by atoms with Crippen LogP contribution in [0.2, 0.25) is 5.02 Å². The summed E-state index contributed by atoms with van der Waals surface area (Å²) in [6.07, 6.45) is -3.26. The van der Waals surface area contributed by atoms with Gasteiger partial charge in [-0.3, -0.25) is 0 Å². The molecule has 0 atom stereocenters. The summed E-state index contributed by atoms with van der Waals surface area (Å²) < 4.78 is 55.1. The van der Waals surface area contributed by atoms with Gasteiger partial charge in [-0.05, 0) is 36.4 Å². The second-order valence-corrected chi connectivity index (χ2v) is 9.70. The number of carbonyl (C=O) groups is 1. The number of hydrogen-bond donors (Lipinski definition) is 4. The molecule has 2 amide bonds. The number of nitrogens with two attached hydrogens (primary N) is 1. The van der Waals surface area contributed by atoms with Crippen LogP contribution < -0.4 is 16.4 Å². The minimum absolute atomic E-state index is 0.0174. The fourth-order valence-corrected chi connectivity index (χ4v) is 3.76. The summed E-state index contributed by atoms with van der Waals surface area (Å²) >= 11 is 5.62. The number of urea groups is 1. The first-order valence-electron chi connectivity index (χ1n) is 11.2. The number of nitrogens with one attached hydrogen (secondary N) is 3. The molecule has 0 aliphatic heterocycles. The van der Waals surface area contributed by atoms with Gasteiger partial charge in [0.05, 0.1) is 27.7 Å². The van der Waals surface area contributed by atoms with E-state index in [0.29, 0.717) is 23.3 Å². The Morgan fingerprint density at radius 2 is 1.79 bits per heavy atom. The quantitative estimate of drug-likeness (QED) is 0.208. The van der Waals surface area contributed by atoms with E-state index in [0.717, 1.165) is 6.07 Å². The van der Waals surface area contributed by atoms with Crippen molar-refractivity contribution in [1.29, 1.82) is 0 Å². The van der Waals surface area contributed by atoms with Gasteiger partial charge >= 0.3 is 12.2 Å². The van der Waals surface area contributed by atoms with Gasteiger partial charge in [0.2, 0.25) is 5.95 Å². The number of imidazole rings is 1. The van der Waals surface area contributed by atoms with Gasteiger partial charge in [0.15, 0.2) is 5.82 Å². The van der Waals surface area contributed by atoms with Crippen LogP contribution in [0.3, 0.4) is 0 Å². The lowest BCUT2D eigenvalue weighted by atomic mass is 9.96. The molecular formula is C25H22ClF4N7O. The molecule has 4 aromatic rings. The smallest absolute Gasteiger partial charge is 0.368 e. The van der Waals surface area contributed by atoms with Crippen LogP contribution in [-0.2, 0) is 11.6 Å². The van der Waals surface area contributed by atoms with Crippen molar-refractivity contribution in [3.8, 4) is 22.6 Å². The summed E-state index contributed by atoms with van der Waals surface area (Å²) in [6, 6.07) is 7.81. The number of aromatic amines is 1. The van der Waals surface area contributed by atoms with Crippen LogP contribution in [0.4, 0.5) is 39.7 Å². The molecule has 2 heterocycles. The number of hydrogen-bond acceptors (Lipinski definition) is 5. The normalized spacial score (nSPS) is 11.9. The van der Waals surface area contributed by atoms with Crippen LogP contribution in [0, 0.1) is 5.82 Å². The highest BCUT2D eigenvalue weighted by atomic mass is 35.5. The Hall–Kier alpha value is -4.19. The number of halogens is 5. The van der Waals surface area contributed by atoms with E-state index in [1.54, 1.807) is 6.07 Å². The highest BCUT2D eigenvalue weighted by molar-refractivity contribution is 6.31. The number of benzene rings is 2. The fourth-order valence-electron chi connectivity index (χ4n) is 3.54. The lowest BCUT2D eigenvalue weighted by molar-refractivity contribution is -0.137. The SMILES string of the molecule is CC(C)(C)c1nc(-c2cccc(NC(=O)Nc3ccc(Cl)c(C(F)(F)F)c3)c2F)c(-c2ccnc(N)n2)[nH]1. The van der Waals surface area contributed by atoms with E-state index in [-0.39, 0.29) is 28.6 Å². The van der Waals surface area contributed by atoms with E-state index in [1.165, 1.54) is 30.5 Å². The Morgan fingerprint density at radius 1 is 1.05 bits per heavy atom. The van der Waals surface area contributed by atoms with Crippen LogP contribution in [0.1, 0.15) is 32.2 Å². The van der Waals surface area contributed by atoms with Crippen molar-refractivity contribution in [1.82, 2.24) is 19.9 Å². The molecule has 0 spiro atoms. The first-order chi connectivity index (χ1) is 17.7. The third-order valence-electron chi connectivity index (χ3n) is 5.38. The third-order valence-corrected chi connectivity index (χ3v) is 5.71. The Bertz CT molecular complexity index is 1510. The summed E-state index contributed by atoms with van der Waals surface area (Å²) in [7, 11) is 0. The number of amides is 2. The van der Waals surface area contributed by atoms with Crippen molar-refractivity contribution >= 4 is 35.0 Å². The molecule has 4 rings (SSSR count). The number of alkyl halides is 3. The highest BCUT2D eigenvalue weighted by Gasteiger charge is 2.33. The molecule has 13 heteroatoms. The Kier molecular flexibility index (Phi) is 7.02. The van der Waals surface area contributed by atoms with E-state index < -0.39 is 34.0 Å². The predicted molar refractivity (Wildman–Crippen MR) is 137 cm³/mol. The lowest BCUT2D eigenvalue weighted by Gasteiger charge is -2.14. The van der Waals surface area contributed by atoms with Crippen LogP contribution >= 0.6 is 11.6 Å². The molecule has 2 aromatic carbocycles. The molecular weight excluding hydrogens is 526 g/mol. The van der Waals surface area contributed by atoms with Crippen molar-refractivity contribution in [2.45, 2.75) is 32.4 Å². The highest BCUT2D eigenvalue weighted by Crippen LogP contribution is 2.37. The van der Waals surface area contributed by atoms with Gasteiger partial charge < -0.3 is 21.4 Å². The number of H-pyrrole nitrogens is 1. The minimum atomic E-state index is -4.72. The summed E-state index contributed by atoms with van der Waals surface area (Å²) in [5.74, 6) is -0.243.